The van der Waals surface area contributed by atoms with Crippen molar-refractivity contribution in [1.29, 1.82) is 0 Å². The van der Waals surface area contributed by atoms with Crippen LogP contribution in [-0.4, -0.2) is 27.0 Å². The van der Waals surface area contributed by atoms with Crippen molar-refractivity contribution in [2.75, 3.05) is 5.32 Å². The van der Waals surface area contributed by atoms with Gasteiger partial charge in [-0.2, -0.15) is 5.10 Å². The summed E-state index contributed by atoms with van der Waals surface area (Å²) in [5, 5.41) is 10.4. The number of nitrogens with one attached hydrogen (secondary N) is 2. The molecule has 3 heterocycles. The molecule has 0 bridgehead atoms. The number of primary amides is 1. The van der Waals surface area contributed by atoms with Crippen LogP contribution in [0.1, 0.15) is 20.2 Å². The summed E-state index contributed by atoms with van der Waals surface area (Å²) in [6.07, 6.45) is 6.28. The molecule has 0 atom stereocenters. The lowest BCUT2D eigenvalue weighted by Crippen LogP contribution is -2.14. The number of aromatic nitrogens is 3. The van der Waals surface area contributed by atoms with E-state index in [4.69, 9.17) is 11.5 Å². The van der Waals surface area contributed by atoms with Gasteiger partial charge in [0.25, 0.3) is 11.8 Å². The van der Waals surface area contributed by atoms with Crippen LogP contribution in [0, 0.1) is 6.92 Å². The van der Waals surface area contributed by atoms with E-state index in [2.05, 4.69) is 20.5 Å². The number of rotatable bonds is 5. The Morgan fingerprint density at radius 3 is 2.72 bits per heavy atom. The molecule has 3 rings (SSSR count). The highest BCUT2D eigenvalue weighted by Crippen LogP contribution is 2.31. The van der Waals surface area contributed by atoms with Crippen LogP contribution in [0.5, 0.6) is 0 Å². The first-order chi connectivity index (χ1) is 12.0. The number of anilines is 1. The lowest BCUT2D eigenvalue weighted by atomic mass is 10.2. The summed E-state index contributed by atoms with van der Waals surface area (Å²) in [6, 6.07) is 1.63. The summed E-state index contributed by atoms with van der Waals surface area (Å²) in [4.78, 5) is 29.3. The summed E-state index contributed by atoms with van der Waals surface area (Å²) in [5.74, 6) is -0.940. The van der Waals surface area contributed by atoms with Crippen LogP contribution in [-0.2, 0) is 4.79 Å². The zero-order valence-corrected chi connectivity index (χ0v) is 14.7. The van der Waals surface area contributed by atoms with Crippen molar-refractivity contribution in [2.45, 2.75) is 6.92 Å². The Hall–Kier alpha value is -2.98. The van der Waals surface area contributed by atoms with E-state index in [1.165, 1.54) is 17.5 Å². The summed E-state index contributed by atoms with van der Waals surface area (Å²) in [5.41, 5.74) is 12.8. The number of thiophene rings is 1. The van der Waals surface area contributed by atoms with Gasteiger partial charge in [0, 0.05) is 24.2 Å². The molecular weight excluding hydrogens is 360 g/mol. The molecule has 2 amide bonds. The number of hydrogen-bond acceptors (Lipinski definition) is 7. The molecule has 8 nitrogen and oxygen atoms in total. The number of nitrogens with zero attached hydrogens (tertiary/aromatic N) is 2. The predicted molar refractivity (Wildman–Crippen MR) is 98.1 cm³/mol. The summed E-state index contributed by atoms with van der Waals surface area (Å²) < 4.78 is 0. The standard InChI is InChI=1S/C15H14N6O2S2/c1-7-2-10(12(17)22)24-14(7)21-13(23)9(3-16)15-18-6-11(25-15)8-4-19-20-5-8/h2-6H,16H2,1H3,(H2,17,22)(H,19,20)(H,21,23). The van der Waals surface area contributed by atoms with Gasteiger partial charge >= 0.3 is 0 Å². The van der Waals surface area contributed by atoms with Crippen LogP contribution in [0.25, 0.3) is 16.0 Å². The Labute approximate surface area is 150 Å². The first-order valence-electron chi connectivity index (χ1n) is 7.08. The van der Waals surface area contributed by atoms with Gasteiger partial charge in [0.1, 0.15) is 5.01 Å². The number of aromatic amines is 1. The molecule has 0 aliphatic heterocycles. The second-order valence-corrected chi connectivity index (χ2v) is 7.12. The summed E-state index contributed by atoms with van der Waals surface area (Å²) in [6.45, 7) is 1.78. The third kappa shape index (κ3) is 3.44. The fourth-order valence-electron chi connectivity index (χ4n) is 2.06. The number of aryl methyl sites for hydroxylation is 1. The van der Waals surface area contributed by atoms with E-state index < -0.39 is 11.8 Å². The molecule has 0 saturated heterocycles. The van der Waals surface area contributed by atoms with E-state index >= 15 is 0 Å². The van der Waals surface area contributed by atoms with Gasteiger partial charge in [-0.3, -0.25) is 14.7 Å². The molecule has 6 N–H and O–H groups in total. The molecule has 0 fully saturated rings. The fraction of sp³-hybridized carbons (Fsp3) is 0.0667. The summed E-state index contributed by atoms with van der Waals surface area (Å²) >= 11 is 2.44. The third-order valence-corrected chi connectivity index (χ3v) is 5.56. The lowest BCUT2D eigenvalue weighted by molar-refractivity contribution is -0.111. The van der Waals surface area contributed by atoms with E-state index in [0.717, 1.165) is 27.3 Å². The molecule has 0 radical (unpaired) electrons. The molecule has 0 aliphatic carbocycles. The topological polar surface area (TPSA) is 140 Å². The Morgan fingerprint density at radius 1 is 1.32 bits per heavy atom. The van der Waals surface area contributed by atoms with Crippen LogP contribution < -0.4 is 16.8 Å². The fourth-order valence-corrected chi connectivity index (χ4v) is 3.90. The Morgan fingerprint density at radius 2 is 2.12 bits per heavy atom. The van der Waals surface area contributed by atoms with Crippen LogP contribution >= 0.6 is 22.7 Å². The van der Waals surface area contributed by atoms with Crippen LogP contribution in [0.4, 0.5) is 5.00 Å². The number of carbonyl (C=O) groups is 2. The van der Waals surface area contributed by atoms with Crippen molar-refractivity contribution in [3.8, 4) is 10.4 Å². The average molecular weight is 374 g/mol. The van der Waals surface area contributed by atoms with Crippen LogP contribution in [0.15, 0.2) is 30.9 Å². The molecule has 0 aromatic carbocycles. The van der Waals surface area contributed by atoms with Gasteiger partial charge in [0.15, 0.2) is 0 Å². The highest BCUT2D eigenvalue weighted by Gasteiger charge is 2.19. The van der Waals surface area contributed by atoms with E-state index in [-0.39, 0.29) is 5.57 Å². The van der Waals surface area contributed by atoms with Gasteiger partial charge in [-0.1, -0.05) is 0 Å². The minimum absolute atomic E-state index is 0.244. The van der Waals surface area contributed by atoms with Crippen molar-refractivity contribution in [2.24, 2.45) is 11.5 Å². The van der Waals surface area contributed by atoms with Crippen molar-refractivity contribution < 1.29 is 9.59 Å². The van der Waals surface area contributed by atoms with E-state index in [1.54, 1.807) is 31.6 Å². The molecule has 128 valence electrons. The van der Waals surface area contributed by atoms with Gasteiger partial charge < -0.3 is 16.8 Å². The van der Waals surface area contributed by atoms with E-state index in [1.807, 2.05) is 0 Å². The number of amides is 2. The highest BCUT2D eigenvalue weighted by atomic mass is 32.1. The van der Waals surface area contributed by atoms with Crippen molar-refractivity contribution in [3.05, 3.63) is 46.3 Å². The predicted octanol–water partition coefficient (Wildman–Crippen LogP) is 1.94. The maximum absolute atomic E-state index is 12.6. The largest absolute Gasteiger partial charge is 0.404 e. The molecular formula is C15H14N6O2S2. The van der Waals surface area contributed by atoms with Crippen LogP contribution in [0.3, 0.4) is 0 Å². The van der Waals surface area contributed by atoms with Gasteiger partial charge in [-0.25, -0.2) is 4.98 Å². The number of carbonyl (C=O) groups excluding carboxylic acids is 2. The van der Waals surface area contributed by atoms with Gasteiger partial charge in [0.05, 0.1) is 26.5 Å². The van der Waals surface area contributed by atoms with E-state index in [0.29, 0.717) is 14.9 Å². The average Bonchev–Trinajstić information content (AvgIpc) is 3.29. The van der Waals surface area contributed by atoms with Gasteiger partial charge in [0.2, 0.25) is 0 Å². The third-order valence-electron chi connectivity index (χ3n) is 3.32. The second kappa shape index (κ2) is 6.87. The summed E-state index contributed by atoms with van der Waals surface area (Å²) in [7, 11) is 0. The van der Waals surface area contributed by atoms with Crippen LogP contribution in [0.2, 0.25) is 0 Å². The smallest absolute Gasteiger partial charge is 0.260 e. The lowest BCUT2D eigenvalue weighted by Gasteiger charge is -2.05. The molecule has 25 heavy (non-hydrogen) atoms. The van der Waals surface area contributed by atoms with Gasteiger partial charge in [-0.15, -0.1) is 22.7 Å². The molecule has 10 heteroatoms. The molecule has 0 saturated carbocycles. The Bertz CT molecular complexity index is 955. The van der Waals surface area contributed by atoms with Crippen molar-refractivity contribution >= 4 is 45.1 Å². The molecule has 3 aromatic rings. The maximum atomic E-state index is 12.6. The minimum Gasteiger partial charge on any atom is -0.404 e. The molecule has 0 aliphatic rings. The number of hydrogen-bond donors (Lipinski definition) is 4. The van der Waals surface area contributed by atoms with Crippen molar-refractivity contribution in [1.82, 2.24) is 15.2 Å². The number of nitrogens with two attached hydrogens (primary N) is 2. The number of H-pyrrole nitrogens is 1. The highest BCUT2D eigenvalue weighted by molar-refractivity contribution is 7.18. The molecule has 0 unspecified atom stereocenters. The SMILES string of the molecule is Cc1cc(C(N)=O)sc1NC(=O)C(=CN)c1ncc(-c2cn[nH]c2)s1. The minimum atomic E-state index is -0.534. The monoisotopic (exact) mass is 374 g/mol. The maximum Gasteiger partial charge on any atom is 0.260 e. The normalized spacial score (nSPS) is 11.5. The Kier molecular flexibility index (Phi) is 4.63. The first-order valence-corrected chi connectivity index (χ1v) is 8.71. The number of thiazole rings is 1. The quantitative estimate of drug-likeness (QED) is 0.505. The zero-order valence-electron chi connectivity index (χ0n) is 13.1. The van der Waals surface area contributed by atoms with E-state index in [9.17, 15) is 9.59 Å². The zero-order chi connectivity index (χ0) is 18.0. The first kappa shape index (κ1) is 16.9. The second-order valence-electron chi connectivity index (χ2n) is 5.04. The van der Waals surface area contributed by atoms with Crippen molar-refractivity contribution in [3.63, 3.8) is 0 Å². The van der Waals surface area contributed by atoms with Gasteiger partial charge in [-0.05, 0) is 18.6 Å². The molecule has 3 aromatic heterocycles. The molecule has 0 spiro atoms. The Balaban J connectivity index is 1.82.